The van der Waals surface area contributed by atoms with Gasteiger partial charge >= 0.3 is 0 Å². The largest absolute Gasteiger partial charge is 0.492 e. The molecular weight excluding hydrogens is 304 g/mol. The van der Waals surface area contributed by atoms with E-state index in [-0.39, 0.29) is 17.7 Å². The molecule has 5 nitrogen and oxygen atoms in total. The normalized spacial score (nSPS) is 18.8. The van der Waals surface area contributed by atoms with E-state index in [1.807, 2.05) is 26.0 Å². The number of carbonyl (C=O) groups excluding carboxylic acids is 2. The lowest BCUT2D eigenvalue weighted by molar-refractivity contribution is -0.130. The van der Waals surface area contributed by atoms with Gasteiger partial charge in [0.05, 0.1) is 6.54 Å². The molecular formula is C19H28N2O3. The third kappa shape index (κ3) is 5.55. The lowest BCUT2D eigenvalue weighted by Crippen LogP contribution is -2.34. The number of hydrogen-bond donors (Lipinski definition) is 1. The third-order valence-corrected chi connectivity index (χ3v) is 4.40. The number of carbonyl (C=O) groups is 2. The van der Waals surface area contributed by atoms with Crippen molar-refractivity contribution in [2.45, 2.75) is 33.6 Å². The van der Waals surface area contributed by atoms with Crippen LogP contribution in [0.1, 0.15) is 30.9 Å². The molecule has 1 saturated carbocycles. The van der Waals surface area contributed by atoms with Gasteiger partial charge in [0.1, 0.15) is 12.4 Å². The molecule has 0 bridgehead atoms. The molecule has 0 radical (unpaired) electrons. The first kappa shape index (κ1) is 18.3. The van der Waals surface area contributed by atoms with Crippen LogP contribution in [0.15, 0.2) is 18.2 Å². The van der Waals surface area contributed by atoms with Gasteiger partial charge in [0, 0.05) is 25.9 Å². The summed E-state index contributed by atoms with van der Waals surface area (Å²) in [5, 5.41) is 2.84. The zero-order valence-electron chi connectivity index (χ0n) is 15.1. The minimum atomic E-state index is 0.0168. The molecule has 132 valence electrons. The fourth-order valence-electron chi connectivity index (χ4n) is 2.74. The number of nitrogens with one attached hydrogen (secondary N) is 1. The Morgan fingerprint density at radius 1 is 1.25 bits per heavy atom. The van der Waals surface area contributed by atoms with Crippen molar-refractivity contribution in [2.75, 3.05) is 26.7 Å². The molecule has 1 aromatic rings. The van der Waals surface area contributed by atoms with Crippen LogP contribution < -0.4 is 10.1 Å². The van der Waals surface area contributed by atoms with Crippen molar-refractivity contribution >= 4 is 11.8 Å². The molecule has 0 aromatic heterocycles. The molecule has 0 saturated heterocycles. The molecule has 2 rings (SSSR count). The van der Waals surface area contributed by atoms with E-state index in [1.54, 1.807) is 11.9 Å². The standard InChI is InChI=1S/C19H28N2O3/c1-13-9-14(2)11-16(10-13)24-8-7-21(4)18(22)5-6-20-19(23)17-12-15(17)3/h9-11,15,17H,5-8,12H2,1-4H3,(H,20,23)/t15-,17+/m1/s1. The van der Waals surface area contributed by atoms with Crippen LogP contribution in [-0.4, -0.2) is 43.5 Å². The van der Waals surface area contributed by atoms with E-state index in [0.717, 1.165) is 23.3 Å². The SMILES string of the molecule is Cc1cc(C)cc(OCCN(C)C(=O)CCNC(=O)[C@H]2C[C@H]2C)c1. The fourth-order valence-corrected chi connectivity index (χ4v) is 2.74. The van der Waals surface area contributed by atoms with Crippen molar-refractivity contribution in [3.63, 3.8) is 0 Å². The van der Waals surface area contributed by atoms with Crippen LogP contribution in [0, 0.1) is 25.7 Å². The highest BCUT2D eigenvalue weighted by Crippen LogP contribution is 2.37. The summed E-state index contributed by atoms with van der Waals surface area (Å²) < 4.78 is 5.72. The molecule has 1 aliphatic rings. The molecule has 2 atom stereocenters. The number of ether oxygens (including phenoxy) is 1. The minimum Gasteiger partial charge on any atom is -0.492 e. The Hall–Kier alpha value is -2.04. The molecule has 1 aromatic carbocycles. The van der Waals surface area contributed by atoms with E-state index in [4.69, 9.17) is 4.74 Å². The van der Waals surface area contributed by atoms with E-state index < -0.39 is 0 Å². The molecule has 5 heteroatoms. The van der Waals surface area contributed by atoms with Crippen molar-refractivity contribution in [2.24, 2.45) is 11.8 Å². The second-order valence-electron chi connectivity index (χ2n) is 6.85. The number of rotatable bonds is 8. The van der Waals surface area contributed by atoms with E-state index in [1.165, 1.54) is 0 Å². The predicted octanol–water partition coefficient (Wildman–Crippen LogP) is 2.30. The van der Waals surface area contributed by atoms with E-state index in [2.05, 4.69) is 18.3 Å². The van der Waals surface area contributed by atoms with E-state index >= 15 is 0 Å². The average molecular weight is 332 g/mol. The molecule has 2 amide bonds. The number of aryl methyl sites for hydroxylation is 2. The van der Waals surface area contributed by atoms with Gasteiger partial charge in [-0.1, -0.05) is 13.0 Å². The topological polar surface area (TPSA) is 58.6 Å². The Labute approximate surface area is 144 Å². The van der Waals surface area contributed by atoms with Gasteiger partial charge in [-0.25, -0.2) is 0 Å². The van der Waals surface area contributed by atoms with Crippen molar-refractivity contribution < 1.29 is 14.3 Å². The average Bonchev–Trinajstić information content (AvgIpc) is 3.23. The molecule has 0 heterocycles. The Kier molecular flexibility index (Phi) is 6.23. The summed E-state index contributed by atoms with van der Waals surface area (Å²) in [4.78, 5) is 25.4. The first-order chi connectivity index (χ1) is 11.4. The maximum Gasteiger partial charge on any atom is 0.224 e. The van der Waals surface area contributed by atoms with Crippen LogP contribution in [0.4, 0.5) is 0 Å². The Morgan fingerprint density at radius 3 is 2.46 bits per heavy atom. The van der Waals surface area contributed by atoms with Crippen LogP contribution in [0.3, 0.4) is 0 Å². The summed E-state index contributed by atoms with van der Waals surface area (Å²) in [6, 6.07) is 6.08. The maximum absolute atomic E-state index is 12.0. The minimum absolute atomic E-state index is 0.0168. The number of amides is 2. The predicted molar refractivity (Wildman–Crippen MR) is 93.9 cm³/mol. The van der Waals surface area contributed by atoms with E-state index in [0.29, 0.717) is 32.0 Å². The second kappa shape index (κ2) is 8.18. The smallest absolute Gasteiger partial charge is 0.224 e. The van der Waals surface area contributed by atoms with Gasteiger partial charge in [0.15, 0.2) is 0 Å². The van der Waals surface area contributed by atoms with Gasteiger partial charge in [-0.05, 0) is 49.4 Å². The Morgan fingerprint density at radius 2 is 1.88 bits per heavy atom. The number of likely N-dealkylation sites (N-methyl/N-ethyl adjacent to an activating group) is 1. The van der Waals surface area contributed by atoms with Gasteiger partial charge < -0.3 is 15.0 Å². The van der Waals surface area contributed by atoms with Crippen LogP contribution in [0.25, 0.3) is 0 Å². The molecule has 0 unspecified atom stereocenters. The maximum atomic E-state index is 12.0. The molecule has 24 heavy (non-hydrogen) atoms. The summed E-state index contributed by atoms with van der Waals surface area (Å²) in [6.45, 7) is 7.52. The number of nitrogens with zero attached hydrogens (tertiary/aromatic N) is 1. The first-order valence-electron chi connectivity index (χ1n) is 8.59. The Balaban J connectivity index is 1.63. The fraction of sp³-hybridized carbons (Fsp3) is 0.579. The number of hydrogen-bond acceptors (Lipinski definition) is 3. The summed E-state index contributed by atoms with van der Waals surface area (Å²) in [5.41, 5.74) is 2.32. The van der Waals surface area contributed by atoms with Crippen LogP contribution in [0.5, 0.6) is 5.75 Å². The van der Waals surface area contributed by atoms with Gasteiger partial charge in [0.2, 0.25) is 11.8 Å². The highest BCUT2D eigenvalue weighted by molar-refractivity contribution is 5.82. The van der Waals surface area contributed by atoms with Crippen molar-refractivity contribution in [3.8, 4) is 5.75 Å². The summed E-state index contributed by atoms with van der Waals surface area (Å²) in [7, 11) is 1.76. The first-order valence-corrected chi connectivity index (χ1v) is 8.59. The van der Waals surface area contributed by atoms with Crippen molar-refractivity contribution in [1.29, 1.82) is 0 Å². The second-order valence-corrected chi connectivity index (χ2v) is 6.85. The third-order valence-electron chi connectivity index (χ3n) is 4.40. The highest BCUT2D eigenvalue weighted by atomic mass is 16.5. The van der Waals surface area contributed by atoms with Crippen LogP contribution >= 0.6 is 0 Å². The molecule has 0 aliphatic heterocycles. The zero-order chi connectivity index (χ0) is 17.7. The molecule has 1 aliphatic carbocycles. The number of benzene rings is 1. The van der Waals surface area contributed by atoms with Crippen molar-refractivity contribution in [1.82, 2.24) is 10.2 Å². The Bertz CT molecular complexity index is 580. The quantitative estimate of drug-likeness (QED) is 0.795. The molecule has 1 N–H and O–H groups in total. The highest BCUT2D eigenvalue weighted by Gasteiger charge is 2.38. The van der Waals surface area contributed by atoms with Crippen LogP contribution in [-0.2, 0) is 9.59 Å². The van der Waals surface area contributed by atoms with Crippen molar-refractivity contribution in [3.05, 3.63) is 29.3 Å². The summed E-state index contributed by atoms with van der Waals surface area (Å²) >= 11 is 0. The lowest BCUT2D eigenvalue weighted by atomic mass is 10.1. The lowest BCUT2D eigenvalue weighted by Gasteiger charge is -2.18. The van der Waals surface area contributed by atoms with Gasteiger partial charge in [-0.2, -0.15) is 0 Å². The van der Waals surface area contributed by atoms with E-state index in [9.17, 15) is 9.59 Å². The summed E-state index contributed by atoms with van der Waals surface area (Å²) in [5.74, 6) is 1.58. The summed E-state index contributed by atoms with van der Waals surface area (Å²) in [6.07, 6.45) is 1.29. The van der Waals surface area contributed by atoms with Gasteiger partial charge in [0.25, 0.3) is 0 Å². The monoisotopic (exact) mass is 332 g/mol. The van der Waals surface area contributed by atoms with Crippen LogP contribution in [0.2, 0.25) is 0 Å². The molecule has 1 fully saturated rings. The van der Waals surface area contributed by atoms with Gasteiger partial charge in [-0.3, -0.25) is 9.59 Å². The van der Waals surface area contributed by atoms with Gasteiger partial charge in [-0.15, -0.1) is 0 Å². The zero-order valence-corrected chi connectivity index (χ0v) is 15.1. The molecule has 0 spiro atoms.